The van der Waals surface area contributed by atoms with Crippen LogP contribution in [0.4, 0.5) is 13.2 Å². The average Bonchev–Trinajstić information content (AvgIpc) is 2.38. The monoisotopic (exact) mass is 291 g/mol. The van der Waals surface area contributed by atoms with Gasteiger partial charge in [-0.1, -0.05) is 0 Å². The molecule has 0 bridgehead atoms. The second kappa shape index (κ2) is 7.25. The Bertz CT molecular complexity index is 425. The van der Waals surface area contributed by atoms with Crippen LogP contribution < -0.4 is 5.32 Å². The normalized spacial score (nSPS) is 13.1. The van der Waals surface area contributed by atoms with E-state index in [2.05, 4.69) is 5.32 Å². The van der Waals surface area contributed by atoms with Gasteiger partial charge in [-0.15, -0.1) is 0 Å². The number of benzene rings is 1. The van der Waals surface area contributed by atoms with E-state index >= 15 is 0 Å². The third-order valence-electron chi connectivity index (χ3n) is 2.66. The molecule has 0 saturated heterocycles. The molecule has 0 spiro atoms. The molecule has 1 atom stereocenters. The van der Waals surface area contributed by atoms with Crippen LogP contribution >= 0.6 is 0 Å². The van der Waals surface area contributed by atoms with E-state index in [9.17, 15) is 18.0 Å². The SMILES string of the molecule is COCC(CCO)NC(=O)c1ccc(C(F)(F)F)cc1. The van der Waals surface area contributed by atoms with E-state index in [-0.39, 0.29) is 24.8 Å². The lowest BCUT2D eigenvalue weighted by Gasteiger charge is -2.17. The Hall–Kier alpha value is -1.60. The minimum atomic E-state index is -4.43. The van der Waals surface area contributed by atoms with Crippen LogP contribution in [-0.4, -0.2) is 37.4 Å². The highest BCUT2D eigenvalue weighted by Crippen LogP contribution is 2.29. The molecular weight excluding hydrogens is 275 g/mol. The van der Waals surface area contributed by atoms with Crippen LogP contribution in [0.2, 0.25) is 0 Å². The second-order valence-electron chi connectivity index (χ2n) is 4.21. The van der Waals surface area contributed by atoms with Crippen LogP contribution in [0.15, 0.2) is 24.3 Å². The van der Waals surface area contributed by atoms with Crippen LogP contribution in [0.3, 0.4) is 0 Å². The van der Waals surface area contributed by atoms with E-state index < -0.39 is 17.6 Å². The lowest BCUT2D eigenvalue weighted by molar-refractivity contribution is -0.137. The molecule has 1 aromatic carbocycles. The Kier molecular flexibility index (Phi) is 5.97. The first-order valence-corrected chi connectivity index (χ1v) is 5.96. The Morgan fingerprint density at radius 2 is 1.95 bits per heavy atom. The topological polar surface area (TPSA) is 58.6 Å². The molecule has 0 aliphatic heterocycles. The fraction of sp³-hybridized carbons (Fsp3) is 0.462. The molecule has 1 rings (SSSR count). The standard InChI is InChI=1S/C13H16F3NO3/c1-20-8-11(6-7-18)17-12(19)9-2-4-10(5-3-9)13(14,15)16/h2-5,11,18H,6-8H2,1H3,(H,17,19). The van der Waals surface area contributed by atoms with Crippen molar-refractivity contribution in [2.75, 3.05) is 20.3 Å². The van der Waals surface area contributed by atoms with Gasteiger partial charge >= 0.3 is 6.18 Å². The van der Waals surface area contributed by atoms with Gasteiger partial charge in [0.25, 0.3) is 5.91 Å². The number of carbonyl (C=O) groups is 1. The van der Waals surface area contributed by atoms with Crippen LogP contribution in [0.1, 0.15) is 22.3 Å². The Labute approximate surface area is 114 Å². The van der Waals surface area contributed by atoms with Crippen LogP contribution in [0.25, 0.3) is 0 Å². The number of alkyl halides is 3. The maximum absolute atomic E-state index is 12.4. The van der Waals surface area contributed by atoms with Crippen LogP contribution in [-0.2, 0) is 10.9 Å². The molecular formula is C13H16F3NO3. The molecule has 4 nitrogen and oxygen atoms in total. The number of aliphatic hydroxyl groups is 1. The summed E-state index contributed by atoms with van der Waals surface area (Å²) in [4.78, 5) is 11.8. The summed E-state index contributed by atoms with van der Waals surface area (Å²) in [5.41, 5.74) is -0.685. The molecule has 2 N–H and O–H groups in total. The van der Waals surface area contributed by atoms with E-state index in [0.717, 1.165) is 24.3 Å². The van der Waals surface area contributed by atoms with Crippen LogP contribution in [0.5, 0.6) is 0 Å². The van der Waals surface area contributed by atoms with E-state index in [4.69, 9.17) is 9.84 Å². The maximum atomic E-state index is 12.4. The van der Waals surface area contributed by atoms with Gasteiger partial charge in [-0.25, -0.2) is 0 Å². The Balaban J connectivity index is 2.72. The number of nitrogens with one attached hydrogen (secondary N) is 1. The summed E-state index contributed by atoms with van der Waals surface area (Å²) in [5.74, 6) is -0.505. The first-order chi connectivity index (χ1) is 9.38. The predicted molar refractivity (Wildman–Crippen MR) is 66.3 cm³/mol. The van der Waals surface area contributed by atoms with E-state index in [1.807, 2.05) is 0 Å². The summed E-state index contributed by atoms with van der Waals surface area (Å²) in [7, 11) is 1.45. The number of amides is 1. The van der Waals surface area contributed by atoms with Gasteiger partial charge in [0.2, 0.25) is 0 Å². The summed E-state index contributed by atoms with van der Waals surface area (Å²) in [6, 6.07) is 3.54. The molecule has 0 aliphatic rings. The minimum absolute atomic E-state index is 0.122. The molecule has 0 heterocycles. The first-order valence-electron chi connectivity index (χ1n) is 5.96. The van der Waals surface area contributed by atoms with Gasteiger partial charge in [-0.05, 0) is 30.7 Å². The van der Waals surface area contributed by atoms with E-state index in [1.54, 1.807) is 0 Å². The summed E-state index contributed by atoms with van der Waals surface area (Å²) >= 11 is 0. The lowest BCUT2D eigenvalue weighted by atomic mass is 10.1. The van der Waals surface area contributed by atoms with Gasteiger partial charge < -0.3 is 15.2 Å². The molecule has 1 aromatic rings. The van der Waals surface area contributed by atoms with Crippen LogP contribution in [0, 0.1) is 0 Å². The summed E-state index contributed by atoms with van der Waals surface area (Å²) in [6.07, 6.45) is -4.12. The highest BCUT2D eigenvalue weighted by molar-refractivity contribution is 5.94. The number of methoxy groups -OCH3 is 1. The van der Waals surface area contributed by atoms with Gasteiger partial charge in [0.1, 0.15) is 0 Å². The molecule has 0 fully saturated rings. The Morgan fingerprint density at radius 3 is 2.40 bits per heavy atom. The average molecular weight is 291 g/mol. The largest absolute Gasteiger partial charge is 0.416 e. The first kappa shape index (κ1) is 16.5. The van der Waals surface area contributed by atoms with Crippen molar-refractivity contribution < 1.29 is 27.8 Å². The zero-order valence-electron chi connectivity index (χ0n) is 10.9. The summed E-state index contributed by atoms with van der Waals surface area (Å²) < 4.78 is 42.0. The predicted octanol–water partition coefficient (Wildman–Crippen LogP) is 1.83. The second-order valence-corrected chi connectivity index (χ2v) is 4.21. The highest BCUT2D eigenvalue weighted by atomic mass is 19.4. The number of aliphatic hydroxyl groups excluding tert-OH is 1. The molecule has 7 heteroatoms. The maximum Gasteiger partial charge on any atom is 0.416 e. The van der Waals surface area contributed by atoms with Gasteiger partial charge in [0.15, 0.2) is 0 Å². The highest BCUT2D eigenvalue weighted by Gasteiger charge is 2.30. The summed E-state index contributed by atoms with van der Waals surface area (Å²) in [6.45, 7) is 0.0915. The molecule has 1 amide bonds. The van der Waals surface area contributed by atoms with Gasteiger partial charge in [0.05, 0.1) is 18.2 Å². The van der Waals surface area contributed by atoms with Crippen molar-refractivity contribution in [3.05, 3.63) is 35.4 Å². The molecule has 0 radical (unpaired) electrons. The van der Waals surface area contributed by atoms with Crippen molar-refractivity contribution in [1.29, 1.82) is 0 Å². The number of hydrogen-bond donors (Lipinski definition) is 2. The van der Waals surface area contributed by atoms with E-state index in [0.29, 0.717) is 6.42 Å². The molecule has 1 unspecified atom stereocenters. The third kappa shape index (κ3) is 4.82. The van der Waals surface area contributed by atoms with Gasteiger partial charge in [0, 0.05) is 19.3 Å². The minimum Gasteiger partial charge on any atom is -0.396 e. The molecule has 0 saturated carbocycles. The van der Waals surface area contributed by atoms with Crippen molar-refractivity contribution in [1.82, 2.24) is 5.32 Å². The number of ether oxygens (including phenoxy) is 1. The molecule has 0 aliphatic carbocycles. The zero-order valence-corrected chi connectivity index (χ0v) is 10.9. The quantitative estimate of drug-likeness (QED) is 0.840. The van der Waals surface area contributed by atoms with Crippen molar-refractivity contribution in [3.8, 4) is 0 Å². The van der Waals surface area contributed by atoms with Crippen molar-refractivity contribution in [3.63, 3.8) is 0 Å². The third-order valence-corrected chi connectivity index (χ3v) is 2.66. The number of rotatable bonds is 6. The molecule has 0 aromatic heterocycles. The van der Waals surface area contributed by atoms with Crippen molar-refractivity contribution in [2.24, 2.45) is 0 Å². The zero-order chi connectivity index (χ0) is 15.2. The lowest BCUT2D eigenvalue weighted by Crippen LogP contribution is -2.38. The fourth-order valence-electron chi connectivity index (χ4n) is 1.63. The van der Waals surface area contributed by atoms with Crippen molar-refractivity contribution >= 4 is 5.91 Å². The van der Waals surface area contributed by atoms with Crippen molar-refractivity contribution in [2.45, 2.75) is 18.6 Å². The number of halogens is 3. The molecule has 112 valence electrons. The molecule has 20 heavy (non-hydrogen) atoms. The number of hydrogen-bond acceptors (Lipinski definition) is 3. The number of carbonyl (C=O) groups excluding carboxylic acids is 1. The fourth-order valence-corrected chi connectivity index (χ4v) is 1.63. The van der Waals surface area contributed by atoms with E-state index in [1.165, 1.54) is 7.11 Å². The van der Waals surface area contributed by atoms with Gasteiger partial charge in [-0.2, -0.15) is 13.2 Å². The Morgan fingerprint density at radius 1 is 1.35 bits per heavy atom. The summed E-state index contributed by atoms with van der Waals surface area (Å²) in [5, 5.41) is 11.4. The van der Waals surface area contributed by atoms with Gasteiger partial charge in [-0.3, -0.25) is 4.79 Å². The smallest absolute Gasteiger partial charge is 0.396 e.